The molecule has 0 aliphatic rings. The molecule has 0 bridgehead atoms. The van der Waals surface area contributed by atoms with E-state index in [1.54, 1.807) is 4.57 Å². The van der Waals surface area contributed by atoms with Crippen LogP contribution in [0, 0.1) is 6.92 Å². The fraction of sp³-hybridized carbons (Fsp3) is 0.115. The molecular formula is C26H21N3O3S. The van der Waals surface area contributed by atoms with Crippen molar-refractivity contribution in [2.75, 3.05) is 5.75 Å². The molecule has 0 spiro atoms. The summed E-state index contributed by atoms with van der Waals surface area (Å²) >= 11 is 1.19. The van der Waals surface area contributed by atoms with Crippen LogP contribution in [0.4, 0.5) is 0 Å². The second-order valence-corrected chi connectivity index (χ2v) is 8.64. The Morgan fingerprint density at radius 3 is 2.52 bits per heavy atom. The number of carbonyl (C=O) groups excluding carboxylic acids is 1. The van der Waals surface area contributed by atoms with E-state index in [1.807, 2.05) is 85.8 Å². The number of ether oxygens (including phenoxy) is 1. The van der Waals surface area contributed by atoms with Gasteiger partial charge in [0.05, 0.1) is 11.4 Å². The van der Waals surface area contributed by atoms with E-state index in [9.17, 15) is 9.59 Å². The zero-order chi connectivity index (χ0) is 22.8. The molecule has 0 radical (unpaired) electrons. The van der Waals surface area contributed by atoms with Crippen LogP contribution in [0.3, 0.4) is 0 Å². The van der Waals surface area contributed by atoms with Crippen LogP contribution in [0.15, 0.2) is 88.8 Å². The van der Waals surface area contributed by atoms with Gasteiger partial charge in [0.2, 0.25) is 0 Å². The van der Waals surface area contributed by atoms with Crippen LogP contribution in [0.1, 0.15) is 11.1 Å². The molecule has 0 unspecified atom stereocenters. The summed E-state index contributed by atoms with van der Waals surface area (Å²) in [6.45, 7) is 2.20. The number of nitrogens with one attached hydrogen (secondary N) is 1. The highest BCUT2D eigenvalue weighted by Gasteiger charge is 2.18. The molecule has 0 amide bonds. The first kappa shape index (κ1) is 21.0. The minimum Gasteiger partial charge on any atom is -0.460 e. The number of fused-ring (bicyclic) bond motifs is 3. The molecule has 0 aliphatic heterocycles. The Hall–Kier alpha value is -3.84. The zero-order valence-electron chi connectivity index (χ0n) is 17.9. The van der Waals surface area contributed by atoms with E-state index >= 15 is 0 Å². The van der Waals surface area contributed by atoms with Crippen LogP contribution in [-0.4, -0.2) is 26.3 Å². The first-order valence-electron chi connectivity index (χ1n) is 10.5. The molecule has 0 saturated heterocycles. The van der Waals surface area contributed by atoms with Crippen molar-refractivity contribution in [2.45, 2.75) is 18.7 Å². The Labute approximate surface area is 194 Å². The molecule has 2 aromatic heterocycles. The minimum atomic E-state index is -0.368. The number of aromatic amines is 1. The number of para-hydroxylation sites is 1. The first-order valence-corrected chi connectivity index (χ1v) is 11.5. The van der Waals surface area contributed by atoms with Gasteiger partial charge >= 0.3 is 5.97 Å². The largest absolute Gasteiger partial charge is 0.460 e. The molecule has 7 heteroatoms. The van der Waals surface area contributed by atoms with Crippen molar-refractivity contribution in [3.05, 3.63) is 100 Å². The summed E-state index contributed by atoms with van der Waals surface area (Å²) in [4.78, 5) is 34.0. The topological polar surface area (TPSA) is 77.0 Å². The smallest absolute Gasteiger partial charge is 0.316 e. The van der Waals surface area contributed by atoms with Crippen molar-refractivity contribution in [3.63, 3.8) is 0 Å². The van der Waals surface area contributed by atoms with Gasteiger partial charge < -0.3 is 9.72 Å². The molecule has 33 heavy (non-hydrogen) atoms. The van der Waals surface area contributed by atoms with E-state index in [4.69, 9.17) is 9.72 Å². The fourth-order valence-electron chi connectivity index (χ4n) is 3.66. The molecule has 0 atom stereocenters. The number of aryl methyl sites for hydroxylation is 1. The van der Waals surface area contributed by atoms with Crippen LogP contribution in [0.2, 0.25) is 0 Å². The number of hydrogen-bond acceptors (Lipinski definition) is 5. The highest BCUT2D eigenvalue weighted by atomic mass is 32.2. The number of aromatic nitrogens is 3. The molecule has 2 heterocycles. The van der Waals surface area contributed by atoms with Gasteiger partial charge in [-0.25, -0.2) is 4.98 Å². The molecular weight excluding hydrogens is 434 g/mol. The predicted octanol–water partition coefficient (Wildman–Crippen LogP) is 5.01. The maximum absolute atomic E-state index is 13.5. The summed E-state index contributed by atoms with van der Waals surface area (Å²) in [7, 11) is 0. The summed E-state index contributed by atoms with van der Waals surface area (Å²) in [5.41, 5.74) is 4.37. The van der Waals surface area contributed by atoms with Crippen molar-refractivity contribution in [1.82, 2.24) is 14.5 Å². The molecule has 0 saturated carbocycles. The lowest BCUT2D eigenvalue weighted by atomic mass is 10.2. The van der Waals surface area contributed by atoms with Crippen molar-refractivity contribution < 1.29 is 9.53 Å². The number of thioether (sulfide) groups is 1. The number of nitrogens with zero attached hydrogens (tertiary/aromatic N) is 2. The van der Waals surface area contributed by atoms with E-state index in [0.29, 0.717) is 21.9 Å². The average Bonchev–Trinajstić information content (AvgIpc) is 3.22. The normalized spacial score (nSPS) is 11.2. The number of hydrogen-bond donors (Lipinski definition) is 1. The quantitative estimate of drug-likeness (QED) is 0.221. The van der Waals surface area contributed by atoms with Gasteiger partial charge in [0, 0.05) is 10.9 Å². The van der Waals surface area contributed by atoms with Gasteiger partial charge in [-0.05, 0) is 30.7 Å². The number of esters is 1. The molecule has 0 fully saturated rings. The Morgan fingerprint density at radius 2 is 1.73 bits per heavy atom. The van der Waals surface area contributed by atoms with Crippen LogP contribution in [0.25, 0.3) is 27.6 Å². The molecule has 1 N–H and O–H groups in total. The third-order valence-electron chi connectivity index (χ3n) is 5.35. The van der Waals surface area contributed by atoms with E-state index < -0.39 is 0 Å². The molecule has 3 aromatic carbocycles. The first-order chi connectivity index (χ1) is 16.1. The Kier molecular flexibility index (Phi) is 5.71. The third-order valence-corrected chi connectivity index (χ3v) is 6.26. The van der Waals surface area contributed by atoms with Crippen LogP contribution < -0.4 is 5.56 Å². The highest BCUT2D eigenvalue weighted by molar-refractivity contribution is 7.99. The lowest BCUT2D eigenvalue weighted by Gasteiger charge is -2.12. The third kappa shape index (κ3) is 4.27. The standard InChI is InChI=1S/C26H21N3O3S/c1-17-11-13-19(14-12-17)29-25(31)24-23(20-9-5-6-10-21(20)27-24)28-26(29)33-16-22(30)32-15-18-7-3-2-4-8-18/h2-14,27H,15-16H2,1H3. The summed E-state index contributed by atoms with van der Waals surface area (Å²) in [6, 6.07) is 24.8. The SMILES string of the molecule is Cc1ccc(-n2c(SCC(=O)OCc3ccccc3)nc3c([nH]c4ccccc43)c2=O)cc1. The predicted molar refractivity (Wildman–Crippen MR) is 131 cm³/mol. The van der Waals surface area contributed by atoms with Crippen molar-refractivity contribution >= 4 is 39.7 Å². The summed E-state index contributed by atoms with van der Waals surface area (Å²) in [5.74, 6) is -0.327. The summed E-state index contributed by atoms with van der Waals surface area (Å²) in [5, 5.41) is 1.31. The average molecular weight is 456 g/mol. The molecule has 0 aliphatic carbocycles. The lowest BCUT2D eigenvalue weighted by molar-refractivity contribution is -0.141. The van der Waals surface area contributed by atoms with Crippen molar-refractivity contribution in [3.8, 4) is 5.69 Å². The summed E-state index contributed by atoms with van der Waals surface area (Å²) < 4.78 is 6.95. The Bertz CT molecular complexity index is 1510. The van der Waals surface area contributed by atoms with Gasteiger partial charge in [-0.15, -0.1) is 0 Å². The van der Waals surface area contributed by atoms with E-state index in [0.717, 1.165) is 22.0 Å². The number of H-pyrrole nitrogens is 1. The minimum absolute atomic E-state index is 0.0407. The Morgan fingerprint density at radius 1 is 1.00 bits per heavy atom. The van der Waals surface area contributed by atoms with Gasteiger partial charge in [0.1, 0.15) is 17.6 Å². The number of benzene rings is 3. The molecule has 5 aromatic rings. The maximum atomic E-state index is 13.5. The molecule has 5 rings (SSSR count). The zero-order valence-corrected chi connectivity index (χ0v) is 18.8. The fourth-order valence-corrected chi connectivity index (χ4v) is 4.47. The van der Waals surface area contributed by atoms with E-state index in [1.165, 1.54) is 11.8 Å². The maximum Gasteiger partial charge on any atom is 0.316 e. The number of carbonyl (C=O) groups is 1. The van der Waals surface area contributed by atoms with Crippen LogP contribution >= 0.6 is 11.8 Å². The van der Waals surface area contributed by atoms with Gasteiger partial charge in [-0.2, -0.15) is 0 Å². The van der Waals surface area contributed by atoms with Crippen LogP contribution in [-0.2, 0) is 16.1 Å². The monoisotopic (exact) mass is 455 g/mol. The molecule has 164 valence electrons. The van der Waals surface area contributed by atoms with Gasteiger partial charge in [-0.3, -0.25) is 14.2 Å². The number of rotatable bonds is 6. The van der Waals surface area contributed by atoms with E-state index in [-0.39, 0.29) is 23.9 Å². The lowest BCUT2D eigenvalue weighted by Crippen LogP contribution is -2.22. The second kappa shape index (κ2) is 8.96. The van der Waals surface area contributed by atoms with Gasteiger partial charge in [0.15, 0.2) is 5.16 Å². The van der Waals surface area contributed by atoms with Crippen molar-refractivity contribution in [1.29, 1.82) is 0 Å². The highest BCUT2D eigenvalue weighted by Crippen LogP contribution is 2.26. The van der Waals surface area contributed by atoms with Crippen LogP contribution in [0.5, 0.6) is 0 Å². The Balaban J connectivity index is 1.51. The molecule has 6 nitrogen and oxygen atoms in total. The van der Waals surface area contributed by atoms with Crippen molar-refractivity contribution in [2.24, 2.45) is 0 Å². The van der Waals surface area contributed by atoms with E-state index in [2.05, 4.69) is 4.98 Å². The van der Waals surface area contributed by atoms with Gasteiger partial charge in [0.25, 0.3) is 5.56 Å². The summed E-state index contributed by atoms with van der Waals surface area (Å²) in [6.07, 6.45) is 0. The second-order valence-electron chi connectivity index (χ2n) is 7.70. The van der Waals surface area contributed by atoms with Gasteiger partial charge in [-0.1, -0.05) is 78.0 Å².